The topological polar surface area (TPSA) is 176 Å². The Bertz CT molecular complexity index is 1520. The summed E-state index contributed by atoms with van der Waals surface area (Å²) < 4.78 is 28.1. The molecule has 0 fully saturated rings. The maximum Gasteiger partial charge on any atom is 0.419 e. The summed E-state index contributed by atoms with van der Waals surface area (Å²) in [7, 11) is -2.91. The molecule has 0 unspecified atom stereocenters. The standard InChI is InChI=1S/C19H14N6O6S/c1-31-23-16-13-6-10(8-20)3-5-15(13)25-17(16)22-14-4-2-11(7-12(14)18(25)26)9-21-32(29,30)24-19(27)28/h2-7,21,24H,9H2,1H3,(H,27,28)/b23-16+. The molecule has 32 heavy (non-hydrogen) atoms. The Morgan fingerprint density at radius 1 is 1.31 bits per heavy atom. The number of carbonyl (C=O) groups is 1. The smallest absolute Gasteiger partial charge is 0.419 e. The van der Waals surface area contributed by atoms with Gasteiger partial charge in [-0.1, -0.05) is 11.2 Å². The Labute approximate surface area is 180 Å². The first-order chi connectivity index (χ1) is 15.2. The number of oxime groups is 1. The monoisotopic (exact) mass is 454 g/mol. The van der Waals surface area contributed by atoms with Crippen molar-refractivity contribution in [1.29, 1.82) is 5.26 Å². The van der Waals surface area contributed by atoms with Gasteiger partial charge in [0.25, 0.3) is 5.56 Å². The van der Waals surface area contributed by atoms with Gasteiger partial charge in [-0.3, -0.25) is 9.36 Å². The molecule has 0 spiro atoms. The minimum atomic E-state index is -4.27. The zero-order chi connectivity index (χ0) is 23.0. The number of nitrogens with one attached hydrogen (secondary N) is 2. The van der Waals surface area contributed by atoms with Crippen molar-refractivity contribution >= 4 is 32.9 Å². The number of carboxylic acid groups (broad SMARTS) is 1. The molecule has 0 aliphatic carbocycles. The van der Waals surface area contributed by atoms with Gasteiger partial charge in [0, 0.05) is 12.1 Å². The highest BCUT2D eigenvalue weighted by Crippen LogP contribution is 2.28. The van der Waals surface area contributed by atoms with Gasteiger partial charge in [0.05, 0.1) is 28.2 Å². The van der Waals surface area contributed by atoms with Crippen molar-refractivity contribution in [2.75, 3.05) is 7.11 Å². The third-order valence-electron chi connectivity index (χ3n) is 4.64. The fourth-order valence-corrected chi connectivity index (χ4v) is 4.01. The predicted octanol–water partition coefficient (Wildman–Crippen LogP) is 0.572. The van der Waals surface area contributed by atoms with Crippen LogP contribution in [0.5, 0.6) is 0 Å². The number of hydrogen-bond donors (Lipinski definition) is 3. The van der Waals surface area contributed by atoms with Crippen molar-refractivity contribution in [3.8, 4) is 11.8 Å². The highest BCUT2D eigenvalue weighted by molar-refractivity contribution is 7.88. The Kier molecular flexibility index (Phi) is 5.09. The number of nitriles is 1. The van der Waals surface area contributed by atoms with Crippen molar-refractivity contribution in [2.24, 2.45) is 5.16 Å². The van der Waals surface area contributed by atoms with E-state index >= 15 is 0 Å². The number of hydrogen-bond acceptors (Lipinski definition) is 8. The van der Waals surface area contributed by atoms with Crippen LogP contribution in [-0.2, 0) is 21.6 Å². The van der Waals surface area contributed by atoms with Crippen LogP contribution >= 0.6 is 0 Å². The highest BCUT2D eigenvalue weighted by Gasteiger charge is 2.30. The molecule has 1 amide bonds. The van der Waals surface area contributed by atoms with Gasteiger partial charge < -0.3 is 9.94 Å². The second-order valence-electron chi connectivity index (χ2n) is 6.63. The normalized spacial score (nSPS) is 13.4. The van der Waals surface area contributed by atoms with Crippen LogP contribution in [0, 0.1) is 11.3 Å². The van der Waals surface area contributed by atoms with Crippen LogP contribution in [0.1, 0.15) is 22.5 Å². The van der Waals surface area contributed by atoms with E-state index in [1.807, 2.05) is 6.07 Å². The van der Waals surface area contributed by atoms with Gasteiger partial charge in [-0.05, 0) is 35.9 Å². The van der Waals surface area contributed by atoms with Crippen molar-refractivity contribution in [1.82, 2.24) is 19.0 Å². The van der Waals surface area contributed by atoms with Crippen LogP contribution in [0.3, 0.4) is 0 Å². The van der Waals surface area contributed by atoms with Crippen LogP contribution in [0.4, 0.5) is 4.79 Å². The van der Waals surface area contributed by atoms with Crippen LogP contribution in [0.15, 0.2) is 46.3 Å². The van der Waals surface area contributed by atoms with Crippen LogP contribution in [-0.4, -0.2) is 42.0 Å². The summed E-state index contributed by atoms with van der Waals surface area (Å²) in [4.78, 5) is 33.3. The molecule has 4 rings (SSSR count). The summed E-state index contributed by atoms with van der Waals surface area (Å²) in [5.74, 6) is 0.244. The van der Waals surface area contributed by atoms with E-state index in [0.29, 0.717) is 33.6 Å². The molecule has 0 radical (unpaired) electrons. The summed E-state index contributed by atoms with van der Waals surface area (Å²) in [5.41, 5.74) is 2.00. The van der Waals surface area contributed by atoms with Gasteiger partial charge in [0.1, 0.15) is 7.11 Å². The van der Waals surface area contributed by atoms with Crippen LogP contribution < -0.4 is 15.0 Å². The van der Waals surface area contributed by atoms with Gasteiger partial charge in [-0.25, -0.2) is 14.5 Å². The highest BCUT2D eigenvalue weighted by atomic mass is 32.2. The van der Waals surface area contributed by atoms with E-state index in [4.69, 9.17) is 9.94 Å². The molecule has 0 saturated heterocycles. The maximum absolute atomic E-state index is 13.3. The number of nitrogens with zero attached hydrogens (tertiary/aromatic N) is 4. The van der Waals surface area contributed by atoms with E-state index in [9.17, 15) is 23.3 Å². The molecule has 12 nitrogen and oxygen atoms in total. The van der Waals surface area contributed by atoms with Crippen molar-refractivity contribution < 1.29 is 23.2 Å². The molecule has 0 saturated carbocycles. The maximum atomic E-state index is 13.3. The van der Waals surface area contributed by atoms with Crippen LogP contribution in [0.25, 0.3) is 16.6 Å². The van der Waals surface area contributed by atoms with E-state index < -0.39 is 21.9 Å². The predicted molar refractivity (Wildman–Crippen MR) is 112 cm³/mol. The zero-order valence-corrected chi connectivity index (χ0v) is 17.2. The van der Waals surface area contributed by atoms with Crippen molar-refractivity contribution in [3.05, 3.63) is 69.3 Å². The third-order valence-corrected chi connectivity index (χ3v) is 5.60. The number of rotatable bonds is 5. The first-order valence-electron chi connectivity index (χ1n) is 8.96. The largest absolute Gasteiger partial charge is 0.464 e. The Balaban J connectivity index is 1.82. The average molecular weight is 454 g/mol. The van der Waals surface area contributed by atoms with Crippen molar-refractivity contribution in [2.45, 2.75) is 6.54 Å². The Morgan fingerprint density at radius 3 is 2.78 bits per heavy atom. The van der Waals surface area contributed by atoms with Crippen molar-refractivity contribution in [3.63, 3.8) is 0 Å². The van der Waals surface area contributed by atoms with E-state index in [0.717, 1.165) is 0 Å². The zero-order valence-electron chi connectivity index (χ0n) is 16.4. The summed E-state index contributed by atoms with van der Waals surface area (Å²) >= 11 is 0. The molecular weight excluding hydrogens is 440 g/mol. The average Bonchev–Trinajstić information content (AvgIpc) is 3.05. The molecule has 3 aromatic rings. The molecule has 3 N–H and O–H groups in total. The first kappa shape index (κ1) is 21.0. The minimum absolute atomic E-state index is 0.214. The lowest BCUT2D eigenvalue weighted by Crippen LogP contribution is -2.39. The fraction of sp³-hybridized carbons (Fsp3) is 0.105. The SMILES string of the molecule is CO/N=C1\c2cc(C#N)ccc2-n2c1nc1ccc(CNS(=O)(=O)NC(=O)O)cc1c2=O. The second kappa shape index (κ2) is 7.76. The fourth-order valence-electron chi connectivity index (χ4n) is 3.35. The first-order valence-corrected chi connectivity index (χ1v) is 10.4. The molecule has 2 heterocycles. The molecule has 1 aromatic heterocycles. The lowest BCUT2D eigenvalue weighted by molar-refractivity contribution is 0.201. The molecule has 1 aliphatic heterocycles. The lowest BCUT2D eigenvalue weighted by Gasteiger charge is -2.09. The quantitative estimate of drug-likeness (QED) is 0.367. The molecule has 0 bridgehead atoms. The summed E-state index contributed by atoms with van der Waals surface area (Å²) in [6.07, 6.45) is -1.72. The summed E-state index contributed by atoms with van der Waals surface area (Å²) in [6, 6.07) is 11.4. The summed E-state index contributed by atoms with van der Waals surface area (Å²) in [6.45, 7) is -0.252. The lowest BCUT2D eigenvalue weighted by atomic mass is 10.1. The number of amides is 1. The number of aromatic nitrogens is 2. The molecule has 162 valence electrons. The van der Waals surface area contributed by atoms with Gasteiger partial charge in [-0.15, -0.1) is 0 Å². The van der Waals surface area contributed by atoms with Crippen LogP contribution in [0.2, 0.25) is 0 Å². The second-order valence-corrected chi connectivity index (χ2v) is 8.13. The molecule has 2 aromatic carbocycles. The van der Waals surface area contributed by atoms with Gasteiger partial charge in [0.15, 0.2) is 11.5 Å². The molecule has 13 heteroatoms. The Hall–Kier alpha value is -4.28. The van der Waals surface area contributed by atoms with E-state index in [2.05, 4.69) is 14.9 Å². The third kappa shape index (κ3) is 3.64. The minimum Gasteiger partial charge on any atom is -0.464 e. The van der Waals surface area contributed by atoms with E-state index in [1.54, 1.807) is 30.3 Å². The van der Waals surface area contributed by atoms with Gasteiger partial charge >= 0.3 is 16.3 Å². The molecule has 0 atom stereocenters. The van der Waals surface area contributed by atoms with E-state index in [-0.39, 0.29) is 17.8 Å². The van der Waals surface area contributed by atoms with E-state index in [1.165, 1.54) is 22.5 Å². The summed E-state index contributed by atoms with van der Waals surface area (Å²) in [5, 5.41) is 22.0. The van der Waals surface area contributed by atoms with Gasteiger partial charge in [-0.2, -0.15) is 18.4 Å². The number of fused-ring (bicyclic) bond motifs is 4. The number of benzene rings is 2. The molecule has 1 aliphatic rings. The van der Waals surface area contributed by atoms with Gasteiger partial charge in [0.2, 0.25) is 0 Å². The Morgan fingerprint density at radius 2 is 2.09 bits per heavy atom. The molecular formula is C19H14N6O6S.